The maximum atomic E-state index is 15.6. The largest absolute Gasteiger partial charge is 0.338 e. The Kier molecular flexibility index (Phi) is 11.0. The van der Waals surface area contributed by atoms with Gasteiger partial charge in [-0.3, -0.25) is 9.80 Å². The first-order chi connectivity index (χ1) is 25.3. The van der Waals surface area contributed by atoms with Crippen LogP contribution in [-0.2, 0) is 13.1 Å². The van der Waals surface area contributed by atoms with E-state index >= 15 is 4.39 Å². The van der Waals surface area contributed by atoms with Gasteiger partial charge in [-0.1, -0.05) is 26.0 Å². The van der Waals surface area contributed by atoms with E-state index in [0.717, 1.165) is 107 Å². The molecule has 4 aromatic heterocycles. The average Bonchev–Trinajstić information content (AvgIpc) is 3.51. The Labute approximate surface area is 306 Å². The molecule has 13 heteroatoms. The smallest absolute Gasteiger partial charge is 0.229 e. The van der Waals surface area contributed by atoms with Gasteiger partial charge in [-0.25, -0.2) is 29.3 Å². The van der Waals surface area contributed by atoms with Gasteiger partial charge in [0.15, 0.2) is 5.82 Å². The van der Waals surface area contributed by atoms with E-state index in [4.69, 9.17) is 9.97 Å². The van der Waals surface area contributed by atoms with Gasteiger partial charge >= 0.3 is 0 Å². The zero-order valence-electron chi connectivity index (χ0n) is 31.1. The number of rotatable bonds is 12. The van der Waals surface area contributed by atoms with Gasteiger partial charge < -0.3 is 25.0 Å². The Hall–Kier alpha value is -4.56. The van der Waals surface area contributed by atoms with Gasteiger partial charge in [-0.05, 0) is 69.3 Å². The summed E-state index contributed by atoms with van der Waals surface area (Å²) in [6.45, 7) is 23.2. The minimum absolute atomic E-state index is 0.146. The van der Waals surface area contributed by atoms with Crippen LogP contribution in [-0.4, -0.2) is 115 Å². The number of fused-ring (bicyclic) bond motifs is 1. The van der Waals surface area contributed by atoms with Crippen molar-refractivity contribution in [1.29, 1.82) is 0 Å². The number of aryl methyl sites for hydroxylation is 1. The molecule has 0 atom stereocenters. The highest BCUT2D eigenvalue weighted by Crippen LogP contribution is 2.35. The Balaban J connectivity index is 1.11. The number of halogens is 1. The number of hydrogen-bond acceptors (Lipinski definition) is 11. The topological polar surface area (TPSA) is 106 Å². The van der Waals surface area contributed by atoms with E-state index < -0.39 is 5.82 Å². The number of anilines is 4. The first kappa shape index (κ1) is 35.8. The fourth-order valence-electron chi connectivity index (χ4n) is 7.30. The fraction of sp³-hybridized carbons (Fsp3) is 0.462. The molecule has 0 spiro atoms. The number of nitrogens with one attached hydrogen (secondary N) is 2. The minimum atomic E-state index is -0.517. The van der Waals surface area contributed by atoms with Crippen molar-refractivity contribution in [2.45, 2.75) is 53.8 Å². The van der Waals surface area contributed by atoms with Crippen LogP contribution in [0.15, 0.2) is 55.0 Å². The molecule has 2 fully saturated rings. The summed E-state index contributed by atoms with van der Waals surface area (Å²) in [6, 6.07) is 12.1. The zero-order valence-corrected chi connectivity index (χ0v) is 31.1. The SMILES string of the molecule is CCN1CCN(Cc2ccc(Nc3ncc(F)c(-c4cc(Nc5ccc(CN6CCN(CC)CC6)cn5)c5nc(C)n(C(C)C)c5c4)n3)nc2)CC1. The number of likely N-dealkylation sites (N-methyl/N-ethyl adjacent to an activating group) is 2. The molecule has 6 heterocycles. The van der Waals surface area contributed by atoms with Gasteiger partial charge in [0.25, 0.3) is 0 Å². The quantitative estimate of drug-likeness (QED) is 0.158. The third kappa shape index (κ3) is 8.23. The highest BCUT2D eigenvalue weighted by molar-refractivity contribution is 5.95. The molecule has 0 aliphatic carbocycles. The molecule has 5 aromatic rings. The summed E-state index contributed by atoms with van der Waals surface area (Å²) < 4.78 is 17.7. The first-order valence-electron chi connectivity index (χ1n) is 18.6. The number of benzene rings is 1. The van der Waals surface area contributed by atoms with Gasteiger partial charge in [-0.2, -0.15) is 0 Å². The van der Waals surface area contributed by atoms with Crippen LogP contribution < -0.4 is 10.6 Å². The van der Waals surface area contributed by atoms with Crippen LogP contribution in [0.2, 0.25) is 0 Å². The molecule has 0 radical (unpaired) electrons. The first-order valence-corrected chi connectivity index (χ1v) is 18.6. The fourth-order valence-corrected chi connectivity index (χ4v) is 7.30. The van der Waals surface area contributed by atoms with Crippen molar-refractivity contribution in [2.24, 2.45) is 0 Å². The van der Waals surface area contributed by atoms with E-state index in [-0.39, 0.29) is 17.7 Å². The standard InChI is InChI=1S/C39H51FN12/c1-6-48-12-16-50(17-13-48)25-29-8-10-35(41-22-29)45-33-20-31(21-34-38(33)44-28(5)52(34)27(3)4)37-32(40)24-43-39(47-37)46-36-11-9-30(23-42-36)26-51-18-14-49(7-2)15-19-51/h8-11,20-24,27H,6-7,12-19,25-26H2,1-5H3,(H,41,45)(H,42,43,46,47). The molecule has 0 bridgehead atoms. The van der Waals surface area contributed by atoms with E-state index in [9.17, 15) is 0 Å². The predicted octanol–water partition coefficient (Wildman–Crippen LogP) is 6.07. The van der Waals surface area contributed by atoms with E-state index in [2.05, 4.69) is 89.6 Å². The Morgan fingerprint density at radius 1 is 0.692 bits per heavy atom. The van der Waals surface area contributed by atoms with Crippen molar-refractivity contribution in [2.75, 3.05) is 76.1 Å². The number of hydrogen-bond donors (Lipinski definition) is 2. The Morgan fingerprint density at radius 2 is 1.25 bits per heavy atom. The van der Waals surface area contributed by atoms with Crippen molar-refractivity contribution in [3.05, 3.63) is 77.8 Å². The van der Waals surface area contributed by atoms with Crippen molar-refractivity contribution in [3.8, 4) is 11.3 Å². The van der Waals surface area contributed by atoms with Crippen molar-refractivity contribution >= 4 is 34.3 Å². The van der Waals surface area contributed by atoms with E-state index in [1.165, 1.54) is 11.8 Å². The summed E-state index contributed by atoms with van der Waals surface area (Å²) >= 11 is 0. The van der Waals surface area contributed by atoms with Gasteiger partial charge in [-0.15, -0.1) is 0 Å². The van der Waals surface area contributed by atoms with Crippen molar-refractivity contribution in [3.63, 3.8) is 0 Å². The number of nitrogens with zero attached hydrogens (tertiary/aromatic N) is 10. The maximum absolute atomic E-state index is 15.6. The van der Waals surface area contributed by atoms with Crippen molar-refractivity contribution in [1.82, 2.24) is 49.1 Å². The van der Waals surface area contributed by atoms with Crippen LogP contribution in [0.3, 0.4) is 0 Å². The molecule has 12 nitrogen and oxygen atoms in total. The Bertz CT molecular complexity index is 1940. The van der Waals surface area contributed by atoms with Crippen molar-refractivity contribution < 1.29 is 4.39 Å². The Morgan fingerprint density at radius 3 is 1.77 bits per heavy atom. The second kappa shape index (κ2) is 16.0. The van der Waals surface area contributed by atoms with E-state index in [1.54, 1.807) is 0 Å². The molecule has 2 aliphatic heterocycles. The second-order valence-corrected chi connectivity index (χ2v) is 14.2. The lowest BCUT2D eigenvalue weighted by Gasteiger charge is -2.33. The number of aromatic nitrogens is 6. The lowest BCUT2D eigenvalue weighted by atomic mass is 10.1. The predicted molar refractivity (Wildman–Crippen MR) is 206 cm³/mol. The summed E-state index contributed by atoms with van der Waals surface area (Å²) in [5, 5.41) is 6.67. The third-order valence-electron chi connectivity index (χ3n) is 10.3. The lowest BCUT2D eigenvalue weighted by molar-refractivity contribution is 0.132. The van der Waals surface area contributed by atoms with Crippen LogP contribution in [0.5, 0.6) is 0 Å². The molecule has 274 valence electrons. The highest BCUT2D eigenvalue weighted by atomic mass is 19.1. The van der Waals surface area contributed by atoms with Gasteiger partial charge in [0.1, 0.15) is 28.7 Å². The average molecular weight is 707 g/mol. The molecule has 52 heavy (non-hydrogen) atoms. The zero-order chi connectivity index (χ0) is 36.2. The van der Waals surface area contributed by atoms with Crippen LogP contribution >= 0.6 is 0 Å². The molecule has 0 amide bonds. The van der Waals surface area contributed by atoms with Crippen LogP contribution in [0.25, 0.3) is 22.3 Å². The third-order valence-corrected chi connectivity index (χ3v) is 10.3. The van der Waals surface area contributed by atoms with Gasteiger partial charge in [0.05, 0.1) is 17.4 Å². The van der Waals surface area contributed by atoms with Crippen LogP contribution in [0.4, 0.5) is 27.7 Å². The molecule has 0 unspecified atom stereocenters. The normalized spacial score (nSPS) is 16.6. The van der Waals surface area contributed by atoms with Gasteiger partial charge in [0, 0.05) is 89.4 Å². The number of imidazole rings is 1. The van der Waals surface area contributed by atoms with Crippen LogP contribution in [0.1, 0.15) is 50.7 Å². The van der Waals surface area contributed by atoms with Gasteiger partial charge in [0.2, 0.25) is 5.95 Å². The maximum Gasteiger partial charge on any atom is 0.229 e. The number of pyridine rings is 2. The summed E-state index contributed by atoms with van der Waals surface area (Å²) in [5.41, 5.74) is 5.52. The summed E-state index contributed by atoms with van der Waals surface area (Å²) in [7, 11) is 0. The molecule has 0 saturated carbocycles. The number of piperazine rings is 2. The molecule has 2 aliphatic rings. The molecule has 2 N–H and O–H groups in total. The van der Waals surface area contributed by atoms with E-state index in [1.807, 2.05) is 43.6 Å². The molecular formula is C39H51FN12. The lowest BCUT2D eigenvalue weighted by Crippen LogP contribution is -2.45. The van der Waals surface area contributed by atoms with E-state index in [0.29, 0.717) is 17.2 Å². The summed E-state index contributed by atoms with van der Waals surface area (Å²) in [6.07, 6.45) is 5.03. The molecular weight excluding hydrogens is 656 g/mol. The molecule has 2 saturated heterocycles. The summed E-state index contributed by atoms with van der Waals surface area (Å²) in [5.74, 6) is 1.92. The highest BCUT2D eigenvalue weighted by Gasteiger charge is 2.20. The molecule has 7 rings (SSSR count). The van der Waals surface area contributed by atoms with Crippen LogP contribution in [0, 0.1) is 12.7 Å². The summed E-state index contributed by atoms with van der Waals surface area (Å²) in [4.78, 5) is 33.1. The second-order valence-electron chi connectivity index (χ2n) is 14.2. The molecule has 1 aromatic carbocycles. The monoisotopic (exact) mass is 706 g/mol. The minimum Gasteiger partial charge on any atom is -0.338 e.